The molecule has 0 saturated heterocycles. The van der Waals surface area contributed by atoms with Gasteiger partial charge < -0.3 is 0 Å². The first kappa shape index (κ1) is 10.3. The number of nitrogens with zero attached hydrogens (tertiary/aromatic N) is 1. The highest BCUT2D eigenvalue weighted by Crippen LogP contribution is 2.27. The predicted octanol–water partition coefficient (Wildman–Crippen LogP) is 3.15. The number of aromatic nitrogens is 1. The van der Waals surface area contributed by atoms with Gasteiger partial charge >= 0.3 is 0 Å². The van der Waals surface area contributed by atoms with Crippen LogP contribution in [0.2, 0.25) is 0 Å². The van der Waals surface area contributed by atoms with Crippen LogP contribution in [0.3, 0.4) is 0 Å². The molecule has 1 fully saturated rings. The SMILES string of the molecule is Cc1cnccc1C(=O)C1CCCCC1. The zero-order chi connectivity index (χ0) is 10.7. The van der Waals surface area contributed by atoms with Crippen LogP contribution in [0.5, 0.6) is 0 Å². The average Bonchev–Trinajstić information content (AvgIpc) is 2.30. The Bertz CT molecular complexity index is 353. The van der Waals surface area contributed by atoms with Crippen molar-refractivity contribution >= 4 is 5.78 Å². The minimum atomic E-state index is 0.264. The van der Waals surface area contributed by atoms with Crippen LogP contribution in [0.15, 0.2) is 18.5 Å². The van der Waals surface area contributed by atoms with E-state index in [-0.39, 0.29) is 5.92 Å². The maximum absolute atomic E-state index is 12.2. The average molecular weight is 203 g/mol. The van der Waals surface area contributed by atoms with E-state index in [9.17, 15) is 4.79 Å². The fraction of sp³-hybridized carbons (Fsp3) is 0.538. The molecule has 15 heavy (non-hydrogen) atoms. The lowest BCUT2D eigenvalue weighted by Gasteiger charge is -2.20. The molecule has 1 aromatic heterocycles. The molecule has 0 atom stereocenters. The largest absolute Gasteiger partial charge is 0.294 e. The Hall–Kier alpha value is -1.18. The van der Waals surface area contributed by atoms with Crippen LogP contribution in [0.4, 0.5) is 0 Å². The molecule has 80 valence electrons. The molecule has 1 aliphatic rings. The fourth-order valence-electron chi connectivity index (χ4n) is 2.33. The second-order valence-electron chi connectivity index (χ2n) is 4.39. The molecule has 0 spiro atoms. The molecule has 1 saturated carbocycles. The number of carbonyl (C=O) groups is 1. The van der Waals surface area contributed by atoms with Crippen molar-refractivity contribution in [1.29, 1.82) is 0 Å². The summed E-state index contributed by atoms with van der Waals surface area (Å²) in [6, 6.07) is 1.85. The van der Waals surface area contributed by atoms with Gasteiger partial charge in [0.2, 0.25) is 0 Å². The summed E-state index contributed by atoms with van der Waals surface area (Å²) < 4.78 is 0. The summed E-state index contributed by atoms with van der Waals surface area (Å²) in [4.78, 5) is 16.2. The molecule has 0 aliphatic heterocycles. The second kappa shape index (κ2) is 4.56. The Morgan fingerprint density at radius 3 is 2.73 bits per heavy atom. The minimum Gasteiger partial charge on any atom is -0.294 e. The van der Waals surface area contributed by atoms with Gasteiger partial charge in [0, 0.05) is 23.9 Å². The van der Waals surface area contributed by atoms with E-state index in [2.05, 4.69) is 4.98 Å². The molecule has 0 unspecified atom stereocenters. The van der Waals surface area contributed by atoms with Crippen LogP contribution in [0.25, 0.3) is 0 Å². The highest BCUT2D eigenvalue weighted by atomic mass is 16.1. The van der Waals surface area contributed by atoms with Gasteiger partial charge in [0.15, 0.2) is 5.78 Å². The van der Waals surface area contributed by atoms with Crippen LogP contribution in [0, 0.1) is 12.8 Å². The summed E-state index contributed by atoms with van der Waals surface area (Å²) in [5.41, 5.74) is 1.88. The number of pyridine rings is 1. The molecule has 0 amide bonds. The third-order valence-electron chi connectivity index (χ3n) is 3.26. The van der Waals surface area contributed by atoms with Crippen LogP contribution in [-0.4, -0.2) is 10.8 Å². The first-order valence-electron chi connectivity index (χ1n) is 5.74. The van der Waals surface area contributed by atoms with Crippen molar-refractivity contribution < 1.29 is 4.79 Å². The first-order chi connectivity index (χ1) is 7.29. The monoisotopic (exact) mass is 203 g/mol. The van der Waals surface area contributed by atoms with Gasteiger partial charge in [-0.1, -0.05) is 19.3 Å². The van der Waals surface area contributed by atoms with E-state index in [0.29, 0.717) is 5.78 Å². The lowest BCUT2D eigenvalue weighted by Crippen LogP contribution is -2.18. The van der Waals surface area contributed by atoms with Gasteiger partial charge in [-0.2, -0.15) is 0 Å². The standard InChI is InChI=1S/C13H17NO/c1-10-9-14-8-7-12(10)13(15)11-5-3-2-4-6-11/h7-9,11H,2-6H2,1H3. The molecule has 2 nitrogen and oxygen atoms in total. The molecule has 0 N–H and O–H groups in total. The normalized spacial score (nSPS) is 17.7. The third-order valence-corrected chi connectivity index (χ3v) is 3.26. The number of hydrogen-bond acceptors (Lipinski definition) is 2. The van der Waals surface area contributed by atoms with Crippen LogP contribution >= 0.6 is 0 Å². The number of carbonyl (C=O) groups excluding carboxylic acids is 1. The maximum atomic E-state index is 12.2. The molecule has 1 aliphatic carbocycles. The molecule has 0 radical (unpaired) electrons. The Morgan fingerprint density at radius 2 is 2.07 bits per heavy atom. The molecular formula is C13H17NO. The smallest absolute Gasteiger partial charge is 0.166 e. The van der Waals surface area contributed by atoms with Gasteiger partial charge in [-0.25, -0.2) is 0 Å². The Kier molecular flexibility index (Phi) is 3.14. The van der Waals surface area contributed by atoms with Crippen molar-refractivity contribution in [1.82, 2.24) is 4.98 Å². The molecular weight excluding hydrogens is 186 g/mol. The molecule has 0 aromatic carbocycles. The number of hydrogen-bond donors (Lipinski definition) is 0. The number of aryl methyl sites for hydroxylation is 1. The maximum Gasteiger partial charge on any atom is 0.166 e. The van der Waals surface area contributed by atoms with E-state index >= 15 is 0 Å². The van der Waals surface area contributed by atoms with Crippen LogP contribution < -0.4 is 0 Å². The number of ketones is 1. The van der Waals surface area contributed by atoms with E-state index in [1.165, 1.54) is 19.3 Å². The summed E-state index contributed by atoms with van der Waals surface area (Å²) in [7, 11) is 0. The van der Waals surface area contributed by atoms with E-state index in [4.69, 9.17) is 0 Å². The molecule has 2 rings (SSSR count). The van der Waals surface area contributed by atoms with E-state index in [0.717, 1.165) is 24.0 Å². The Balaban J connectivity index is 2.16. The van der Waals surface area contributed by atoms with Crippen molar-refractivity contribution in [3.63, 3.8) is 0 Å². The quantitative estimate of drug-likeness (QED) is 0.691. The first-order valence-corrected chi connectivity index (χ1v) is 5.74. The summed E-state index contributed by atoms with van der Waals surface area (Å²) >= 11 is 0. The topological polar surface area (TPSA) is 30.0 Å². The summed E-state index contributed by atoms with van der Waals surface area (Å²) in [6.07, 6.45) is 9.33. The fourth-order valence-corrected chi connectivity index (χ4v) is 2.33. The zero-order valence-electron chi connectivity index (χ0n) is 9.20. The van der Waals surface area contributed by atoms with Gasteiger partial charge in [-0.05, 0) is 31.4 Å². The highest BCUT2D eigenvalue weighted by Gasteiger charge is 2.23. The van der Waals surface area contributed by atoms with Crippen LogP contribution in [-0.2, 0) is 0 Å². The minimum absolute atomic E-state index is 0.264. The highest BCUT2D eigenvalue weighted by molar-refractivity contribution is 5.98. The van der Waals surface area contributed by atoms with Gasteiger partial charge in [-0.3, -0.25) is 9.78 Å². The van der Waals surface area contributed by atoms with Crippen LogP contribution in [0.1, 0.15) is 48.0 Å². The van der Waals surface area contributed by atoms with Crippen molar-refractivity contribution in [2.24, 2.45) is 5.92 Å². The number of rotatable bonds is 2. The van der Waals surface area contributed by atoms with E-state index in [1.54, 1.807) is 12.4 Å². The van der Waals surface area contributed by atoms with E-state index in [1.807, 2.05) is 13.0 Å². The van der Waals surface area contributed by atoms with Crippen molar-refractivity contribution in [3.8, 4) is 0 Å². The molecule has 0 bridgehead atoms. The van der Waals surface area contributed by atoms with E-state index < -0.39 is 0 Å². The number of Topliss-reactive ketones (excluding diaryl/α,β-unsaturated/α-hetero) is 1. The molecule has 1 aromatic rings. The zero-order valence-corrected chi connectivity index (χ0v) is 9.20. The lowest BCUT2D eigenvalue weighted by molar-refractivity contribution is 0.0889. The van der Waals surface area contributed by atoms with Crippen molar-refractivity contribution in [2.75, 3.05) is 0 Å². The molecule has 2 heteroatoms. The van der Waals surface area contributed by atoms with Crippen molar-refractivity contribution in [3.05, 3.63) is 29.6 Å². The predicted molar refractivity (Wildman–Crippen MR) is 59.9 cm³/mol. The summed E-state index contributed by atoms with van der Waals surface area (Å²) in [5, 5.41) is 0. The third kappa shape index (κ3) is 2.25. The van der Waals surface area contributed by atoms with Gasteiger partial charge in [0.25, 0.3) is 0 Å². The Morgan fingerprint density at radius 1 is 1.33 bits per heavy atom. The second-order valence-corrected chi connectivity index (χ2v) is 4.39. The summed E-state index contributed by atoms with van der Waals surface area (Å²) in [5.74, 6) is 0.592. The lowest BCUT2D eigenvalue weighted by atomic mass is 9.83. The molecule has 1 heterocycles. The van der Waals surface area contributed by atoms with Gasteiger partial charge in [0.05, 0.1) is 0 Å². The van der Waals surface area contributed by atoms with Gasteiger partial charge in [0.1, 0.15) is 0 Å². The summed E-state index contributed by atoms with van der Waals surface area (Å²) in [6.45, 7) is 1.96. The van der Waals surface area contributed by atoms with Crippen molar-refractivity contribution in [2.45, 2.75) is 39.0 Å². The Labute approximate surface area is 90.7 Å². The van der Waals surface area contributed by atoms with Gasteiger partial charge in [-0.15, -0.1) is 0 Å².